The molecule has 0 amide bonds. The number of allylic oxidation sites excluding steroid dienone is 5. The van der Waals surface area contributed by atoms with E-state index in [0.717, 1.165) is 11.1 Å². The Morgan fingerprint density at radius 3 is 2.79 bits per heavy atom. The summed E-state index contributed by atoms with van der Waals surface area (Å²) in [7, 11) is 0. The summed E-state index contributed by atoms with van der Waals surface area (Å²) < 4.78 is 14.5. The minimum Gasteiger partial charge on any atom is -0.505 e. The fraction of sp³-hybridized carbons (Fsp3) is 0.417. The van der Waals surface area contributed by atoms with Crippen LogP contribution in [0.15, 0.2) is 47.2 Å². The van der Waals surface area contributed by atoms with Crippen LogP contribution in [0.1, 0.15) is 44.5 Å². The number of hydrogen-bond acceptors (Lipinski definition) is 7. The molecule has 1 aliphatic heterocycles. The summed E-state index contributed by atoms with van der Waals surface area (Å²) in [6.07, 6.45) is 6.01. The van der Waals surface area contributed by atoms with Crippen molar-refractivity contribution in [3.8, 4) is 5.75 Å². The smallest absolute Gasteiger partial charge is 0.262 e. The van der Waals surface area contributed by atoms with Gasteiger partial charge in [-0.2, -0.15) is 0 Å². The van der Waals surface area contributed by atoms with Gasteiger partial charge in [-0.25, -0.2) is 4.39 Å². The molecule has 3 rings (SSSR count). The first-order chi connectivity index (χ1) is 15.9. The van der Waals surface area contributed by atoms with Gasteiger partial charge in [-0.3, -0.25) is 15.1 Å². The molecule has 0 aliphatic carbocycles. The SMILES string of the molecule is C=C(F)/C=C\C(=C/C)Cc1cnc2c(O)c(C(O)NCCO)c(=O)n3c2c1NCCC3.CC. The molecule has 0 radical (unpaired) electrons. The summed E-state index contributed by atoms with van der Waals surface area (Å²) in [6.45, 7) is 9.89. The Morgan fingerprint density at radius 2 is 2.15 bits per heavy atom. The molecule has 0 saturated carbocycles. The quantitative estimate of drug-likeness (QED) is 0.303. The molecule has 5 N–H and O–H groups in total. The highest BCUT2D eigenvalue weighted by molar-refractivity contribution is 5.94. The van der Waals surface area contributed by atoms with Gasteiger partial charge in [-0.05, 0) is 25.0 Å². The molecule has 180 valence electrons. The highest BCUT2D eigenvalue weighted by atomic mass is 19.1. The van der Waals surface area contributed by atoms with Gasteiger partial charge >= 0.3 is 0 Å². The van der Waals surface area contributed by atoms with Crippen molar-refractivity contribution in [2.45, 2.75) is 46.4 Å². The molecule has 2 aromatic rings. The van der Waals surface area contributed by atoms with E-state index in [1.165, 1.54) is 10.6 Å². The molecule has 0 aromatic carbocycles. The fourth-order valence-corrected chi connectivity index (χ4v) is 3.67. The molecule has 0 bridgehead atoms. The van der Waals surface area contributed by atoms with Crippen molar-refractivity contribution in [2.75, 3.05) is 25.0 Å². The number of hydrogen-bond donors (Lipinski definition) is 5. The number of aryl methyl sites for hydroxylation is 1. The zero-order valence-electron chi connectivity index (χ0n) is 19.4. The van der Waals surface area contributed by atoms with Crippen molar-refractivity contribution >= 4 is 16.7 Å². The van der Waals surface area contributed by atoms with Crippen LogP contribution in [0.4, 0.5) is 10.1 Å². The first-order valence-electron chi connectivity index (χ1n) is 11.1. The third kappa shape index (κ3) is 5.87. The molecule has 8 nitrogen and oxygen atoms in total. The topological polar surface area (TPSA) is 120 Å². The molecule has 1 atom stereocenters. The van der Waals surface area contributed by atoms with Crippen LogP contribution in [0, 0.1) is 0 Å². The van der Waals surface area contributed by atoms with Gasteiger partial charge in [0.05, 0.1) is 17.8 Å². The van der Waals surface area contributed by atoms with Crippen molar-refractivity contribution < 1.29 is 19.7 Å². The van der Waals surface area contributed by atoms with Crippen molar-refractivity contribution in [1.82, 2.24) is 14.9 Å². The van der Waals surface area contributed by atoms with Crippen LogP contribution in [0.2, 0.25) is 0 Å². The number of nitrogens with zero attached hydrogens (tertiary/aromatic N) is 2. The van der Waals surface area contributed by atoms with Crippen molar-refractivity contribution in [3.05, 3.63) is 63.9 Å². The lowest BCUT2D eigenvalue weighted by Crippen LogP contribution is -2.33. The molecule has 0 spiro atoms. The second kappa shape index (κ2) is 12.3. The molecular weight excluding hydrogens is 427 g/mol. The molecule has 9 heteroatoms. The Labute approximate surface area is 192 Å². The maximum atomic E-state index is 13.2. The van der Waals surface area contributed by atoms with E-state index in [2.05, 4.69) is 22.2 Å². The molecule has 0 saturated heterocycles. The third-order valence-corrected chi connectivity index (χ3v) is 5.18. The monoisotopic (exact) mass is 460 g/mol. The first-order valence-corrected chi connectivity index (χ1v) is 11.1. The number of halogens is 1. The average molecular weight is 461 g/mol. The van der Waals surface area contributed by atoms with E-state index in [1.54, 1.807) is 12.3 Å². The number of aliphatic hydroxyl groups is 2. The minimum atomic E-state index is -1.44. The summed E-state index contributed by atoms with van der Waals surface area (Å²) in [5.41, 5.74) is 2.23. The highest BCUT2D eigenvalue weighted by Gasteiger charge is 2.26. The average Bonchev–Trinajstić information content (AvgIpc) is 3.04. The lowest BCUT2D eigenvalue weighted by atomic mass is 10.0. The van der Waals surface area contributed by atoms with Gasteiger partial charge in [0.15, 0.2) is 5.75 Å². The second-order valence-electron chi connectivity index (χ2n) is 7.26. The maximum absolute atomic E-state index is 13.2. The van der Waals surface area contributed by atoms with Gasteiger partial charge in [0, 0.05) is 37.8 Å². The van der Waals surface area contributed by atoms with Crippen LogP contribution >= 0.6 is 0 Å². The molecule has 33 heavy (non-hydrogen) atoms. The Kier molecular flexibility index (Phi) is 9.77. The normalized spacial score (nSPS) is 14.4. The number of aliphatic hydroxyl groups excluding tert-OH is 2. The number of aromatic hydroxyl groups is 1. The number of rotatable bonds is 8. The molecule has 3 heterocycles. The molecular formula is C24H33FN4O4. The lowest BCUT2D eigenvalue weighted by Gasteiger charge is -2.19. The number of anilines is 1. The van der Waals surface area contributed by atoms with Crippen LogP contribution in [-0.4, -0.2) is 44.6 Å². The Bertz CT molecular complexity index is 1110. The van der Waals surface area contributed by atoms with Gasteiger partial charge in [-0.15, -0.1) is 0 Å². The number of pyridine rings is 2. The van der Waals surface area contributed by atoms with E-state index in [4.69, 9.17) is 5.11 Å². The number of aromatic nitrogens is 2. The van der Waals surface area contributed by atoms with E-state index >= 15 is 0 Å². The van der Waals surface area contributed by atoms with Gasteiger partial charge in [0.25, 0.3) is 5.56 Å². The van der Waals surface area contributed by atoms with E-state index in [1.807, 2.05) is 26.8 Å². The lowest BCUT2D eigenvalue weighted by molar-refractivity contribution is 0.125. The fourth-order valence-electron chi connectivity index (χ4n) is 3.67. The largest absolute Gasteiger partial charge is 0.505 e. The van der Waals surface area contributed by atoms with Crippen molar-refractivity contribution in [3.63, 3.8) is 0 Å². The molecule has 1 aliphatic rings. The zero-order valence-corrected chi connectivity index (χ0v) is 19.4. The van der Waals surface area contributed by atoms with E-state index in [-0.39, 0.29) is 24.2 Å². The van der Waals surface area contributed by atoms with E-state index < -0.39 is 23.4 Å². The van der Waals surface area contributed by atoms with Crippen molar-refractivity contribution in [2.24, 2.45) is 0 Å². The Hall–Kier alpha value is -3.01. The summed E-state index contributed by atoms with van der Waals surface area (Å²) in [6, 6.07) is 0. The third-order valence-electron chi connectivity index (χ3n) is 5.18. The molecule has 0 fully saturated rings. The molecule has 1 unspecified atom stereocenters. The minimum absolute atomic E-state index is 0.0577. The highest BCUT2D eigenvalue weighted by Crippen LogP contribution is 2.35. The summed E-state index contributed by atoms with van der Waals surface area (Å²) >= 11 is 0. The van der Waals surface area contributed by atoms with Crippen LogP contribution in [0.3, 0.4) is 0 Å². The Morgan fingerprint density at radius 1 is 1.42 bits per heavy atom. The summed E-state index contributed by atoms with van der Waals surface area (Å²) in [5.74, 6) is -0.947. The number of nitrogens with one attached hydrogen (secondary N) is 2. The van der Waals surface area contributed by atoms with Crippen molar-refractivity contribution in [1.29, 1.82) is 0 Å². The van der Waals surface area contributed by atoms with Crippen LogP contribution in [0.25, 0.3) is 11.0 Å². The predicted molar refractivity (Wildman–Crippen MR) is 129 cm³/mol. The van der Waals surface area contributed by atoms with Crippen LogP contribution < -0.4 is 16.2 Å². The van der Waals surface area contributed by atoms with Gasteiger partial charge in [0.2, 0.25) is 0 Å². The summed E-state index contributed by atoms with van der Waals surface area (Å²) in [5, 5.41) is 36.0. The standard InChI is InChI=1S/C22H27FN4O4.C2H6/c1-3-14(6-5-13(2)23)11-15-12-26-18-19-17(15)24-7-4-9-27(19)22(31)16(20(18)29)21(30)25-8-10-28;1-2/h3,5-6,12,21,24-25,28-30H,2,4,7-11H2,1H3;1-2H3/b6-5-,14-3+;. The van der Waals surface area contributed by atoms with E-state index in [9.17, 15) is 19.4 Å². The first kappa shape index (κ1) is 26.2. The van der Waals surface area contributed by atoms with Gasteiger partial charge < -0.3 is 25.2 Å². The van der Waals surface area contributed by atoms with Gasteiger partial charge in [0.1, 0.15) is 23.1 Å². The Balaban J connectivity index is 0.00000187. The zero-order chi connectivity index (χ0) is 24.5. The van der Waals surface area contributed by atoms with Gasteiger partial charge in [-0.1, -0.05) is 32.6 Å². The van der Waals surface area contributed by atoms with E-state index in [0.29, 0.717) is 37.1 Å². The molecule has 2 aromatic heterocycles. The van der Waals surface area contributed by atoms with Crippen LogP contribution in [0.5, 0.6) is 5.75 Å². The van der Waals surface area contributed by atoms with Crippen LogP contribution in [-0.2, 0) is 13.0 Å². The summed E-state index contributed by atoms with van der Waals surface area (Å²) in [4.78, 5) is 17.5. The second-order valence-corrected chi connectivity index (χ2v) is 7.26. The maximum Gasteiger partial charge on any atom is 0.262 e. The predicted octanol–water partition coefficient (Wildman–Crippen LogP) is 3.04.